The van der Waals surface area contributed by atoms with E-state index in [1.165, 1.54) is 12.5 Å². The molecule has 4 nitrogen and oxygen atoms in total. The van der Waals surface area contributed by atoms with Gasteiger partial charge in [0.15, 0.2) is 0 Å². The minimum Gasteiger partial charge on any atom is -0.489 e. The van der Waals surface area contributed by atoms with Gasteiger partial charge in [-0.1, -0.05) is 50.3 Å². The van der Waals surface area contributed by atoms with Crippen LogP contribution in [0.15, 0.2) is 48.7 Å². The van der Waals surface area contributed by atoms with Crippen LogP contribution in [0.3, 0.4) is 0 Å². The molecule has 0 spiro atoms. The number of nitrogens with zero attached hydrogens (tertiary/aromatic N) is 1. The van der Waals surface area contributed by atoms with E-state index < -0.39 is 17.7 Å². The minimum absolute atomic E-state index is 0.0443. The molecule has 5 rings (SSSR count). The van der Waals surface area contributed by atoms with Gasteiger partial charge in [-0.3, -0.25) is 4.79 Å². The molecule has 35 heavy (non-hydrogen) atoms. The van der Waals surface area contributed by atoms with Crippen molar-refractivity contribution in [3.8, 4) is 5.75 Å². The zero-order chi connectivity index (χ0) is 24.6. The molecule has 0 bridgehead atoms. The number of fused-ring (bicyclic) bond motifs is 3. The van der Waals surface area contributed by atoms with Crippen LogP contribution in [0.4, 0.5) is 18.9 Å². The lowest BCUT2D eigenvalue weighted by molar-refractivity contribution is -0.139. The summed E-state index contributed by atoms with van der Waals surface area (Å²) >= 11 is 0. The normalized spacial score (nSPS) is 21.7. The van der Waals surface area contributed by atoms with Gasteiger partial charge in [0.05, 0.1) is 12.0 Å². The average Bonchev–Trinajstić information content (AvgIpc) is 3.37. The van der Waals surface area contributed by atoms with Crippen LogP contribution in [-0.2, 0) is 30.4 Å². The maximum atomic E-state index is 13.8. The molecule has 1 saturated carbocycles. The van der Waals surface area contributed by atoms with Gasteiger partial charge in [0.25, 0.3) is 0 Å². The molecule has 2 aromatic carbocycles. The highest BCUT2D eigenvalue weighted by Gasteiger charge is 2.38. The summed E-state index contributed by atoms with van der Waals surface area (Å²) < 4.78 is 47.4. The number of aliphatic carboxylic acids is 1. The number of hydrogen-bond acceptors (Lipinski definition) is 3. The van der Waals surface area contributed by atoms with Crippen molar-refractivity contribution in [1.82, 2.24) is 0 Å². The largest absolute Gasteiger partial charge is 0.489 e. The Morgan fingerprint density at radius 2 is 1.89 bits per heavy atom. The Bertz CT molecular complexity index is 1120. The monoisotopic (exact) mass is 485 g/mol. The SMILES string of the molecule is O=C(O)CC1C=CN2c3ccc(OCc4ccc(CC5CCCCC5)c(C(F)(F)F)c4)cc3CC12. The lowest BCUT2D eigenvalue weighted by atomic mass is 9.83. The first-order valence-electron chi connectivity index (χ1n) is 12.4. The van der Waals surface area contributed by atoms with Gasteiger partial charge in [-0.05, 0) is 59.7 Å². The second kappa shape index (κ2) is 9.59. The topological polar surface area (TPSA) is 49.8 Å². The van der Waals surface area contributed by atoms with Gasteiger partial charge in [-0.2, -0.15) is 13.2 Å². The van der Waals surface area contributed by atoms with Crippen LogP contribution in [0.1, 0.15) is 60.8 Å². The van der Waals surface area contributed by atoms with Gasteiger partial charge >= 0.3 is 12.1 Å². The van der Waals surface area contributed by atoms with Crippen LogP contribution < -0.4 is 9.64 Å². The summed E-state index contributed by atoms with van der Waals surface area (Å²) in [6.45, 7) is 0.0558. The molecular weight excluding hydrogens is 455 g/mol. The Balaban J connectivity index is 1.27. The van der Waals surface area contributed by atoms with Crippen LogP contribution in [0.2, 0.25) is 0 Å². The average molecular weight is 486 g/mol. The van der Waals surface area contributed by atoms with Crippen molar-refractivity contribution in [3.63, 3.8) is 0 Å². The molecule has 1 N–H and O–H groups in total. The molecule has 2 aliphatic heterocycles. The number of alkyl halides is 3. The zero-order valence-electron chi connectivity index (χ0n) is 19.6. The highest BCUT2D eigenvalue weighted by molar-refractivity contribution is 5.70. The lowest BCUT2D eigenvalue weighted by Crippen LogP contribution is -2.29. The van der Waals surface area contributed by atoms with Gasteiger partial charge in [0, 0.05) is 23.8 Å². The van der Waals surface area contributed by atoms with E-state index in [0.29, 0.717) is 35.6 Å². The molecule has 186 valence electrons. The van der Waals surface area contributed by atoms with Gasteiger partial charge in [-0.25, -0.2) is 0 Å². The number of carbonyl (C=O) groups is 1. The fourth-order valence-electron chi connectivity index (χ4n) is 5.88. The number of carboxylic acid groups (broad SMARTS) is 1. The number of benzene rings is 2. The standard InChI is InChI=1S/C28H30F3NO3/c29-28(30,31)24-13-19(6-7-20(24)12-18-4-2-1-3-5-18)17-35-23-8-9-25-22(14-23)15-26-21(16-27(33)34)10-11-32(25)26/h6-11,13-14,18,21,26H,1-5,12,15-17H2,(H,33,34). The van der Waals surface area contributed by atoms with Crippen molar-refractivity contribution in [3.05, 3.63) is 70.9 Å². The second-order valence-electron chi connectivity index (χ2n) is 10.1. The first-order chi connectivity index (χ1) is 16.8. The van der Waals surface area contributed by atoms with Crippen molar-refractivity contribution in [1.29, 1.82) is 0 Å². The Hall–Kier alpha value is -2.96. The summed E-state index contributed by atoms with van der Waals surface area (Å²) in [5, 5.41) is 9.16. The van der Waals surface area contributed by atoms with Gasteiger partial charge in [-0.15, -0.1) is 0 Å². The molecule has 2 unspecified atom stereocenters. The van der Waals surface area contributed by atoms with Gasteiger partial charge in [0.1, 0.15) is 12.4 Å². The maximum absolute atomic E-state index is 13.8. The number of halogens is 3. The summed E-state index contributed by atoms with van der Waals surface area (Å²) in [6.07, 6.45) is 6.19. The van der Waals surface area contributed by atoms with E-state index in [9.17, 15) is 18.0 Å². The third-order valence-corrected chi connectivity index (χ3v) is 7.63. The van der Waals surface area contributed by atoms with Crippen LogP contribution in [-0.4, -0.2) is 17.1 Å². The molecule has 2 aromatic rings. The Kier molecular flexibility index (Phi) is 6.51. The van der Waals surface area contributed by atoms with E-state index >= 15 is 0 Å². The Morgan fingerprint density at radius 3 is 2.63 bits per heavy atom. The van der Waals surface area contributed by atoms with E-state index in [-0.39, 0.29) is 25.0 Å². The molecule has 2 atom stereocenters. The highest BCUT2D eigenvalue weighted by Crippen LogP contribution is 2.42. The van der Waals surface area contributed by atoms with E-state index in [4.69, 9.17) is 9.84 Å². The van der Waals surface area contributed by atoms with Crippen molar-refractivity contribution in [2.75, 3.05) is 4.90 Å². The Morgan fingerprint density at radius 1 is 1.09 bits per heavy atom. The molecule has 2 heterocycles. The van der Waals surface area contributed by atoms with E-state index in [1.807, 2.05) is 30.5 Å². The van der Waals surface area contributed by atoms with Crippen molar-refractivity contribution < 1.29 is 27.8 Å². The minimum atomic E-state index is -4.39. The number of rotatable bonds is 7. The molecule has 0 radical (unpaired) electrons. The van der Waals surface area contributed by atoms with Crippen molar-refractivity contribution in [2.45, 2.75) is 70.2 Å². The number of carboxylic acids is 1. The van der Waals surface area contributed by atoms with Crippen molar-refractivity contribution >= 4 is 11.7 Å². The Labute approximate surface area is 203 Å². The van der Waals surface area contributed by atoms with E-state index in [2.05, 4.69) is 4.90 Å². The molecule has 1 fully saturated rings. The molecular formula is C28H30F3NO3. The number of ether oxygens (including phenoxy) is 1. The summed E-state index contributed by atoms with van der Waals surface area (Å²) in [5.74, 6) is 0.0729. The van der Waals surface area contributed by atoms with Crippen LogP contribution in [0, 0.1) is 11.8 Å². The lowest BCUT2D eigenvalue weighted by Gasteiger charge is -2.23. The smallest absolute Gasteiger partial charge is 0.416 e. The molecule has 0 amide bonds. The van der Waals surface area contributed by atoms with Crippen LogP contribution >= 0.6 is 0 Å². The zero-order valence-corrected chi connectivity index (χ0v) is 19.6. The fraction of sp³-hybridized carbons (Fsp3) is 0.464. The molecule has 7 heteroatoms. The van der Waals surface area contributed by atoms with Gasteiger partial charge < -0.3 is 14.7 Å². The van der Waals surface area contributed by atoms with E-state index in [0.717, 1.165) is 36.9 Å². The summed E-state index contributed by atoms with van der Waals surface area (Å²) in [4.78, 5) is 13.3. The van der Waals surface area contributed by atoms with E-state index in [1.54, 1.807) is 12.1 Å². The quantitative estimate of drug-likeness (QED) is 0.471. The number of hydrogen-bond donors (Lipinski definition) is 1. The molecule has 3 aliphatic rings. The number of anilines is 1. The van der Waals surface area contributed by atoms with Crippen LogP contribution in [0.5, 0.6) is 5.75 Å². The third kappa shape index (κ3) is 5.19. The molecule has 0 saturated heterocycles. The second-order valence-corrected chi connectivity index (χ2v) is 10.1. The molecule has 1 aliphatic carbocycles. The van der Waals surface area contributed by atoms with Gasteiger partial charge in [0.2, 0.25) is 0 Å². The van der Waals surface area contributed by atoms with Crippen LogP contribution in [0.25, 0.3) is 0 Å². The summed E-state index contributed by atoms with van der Waals surface area (Å²) in [7, 11) is 0. The predicted octanol–water partition coefficient (Wildman–Crippen LogP) is 6.76. The third-order valence-electron chi connectivity index (χ3n) is 7.63. The highest BCUT2D eigenvalue weighted by atomic mass is 19.4. The maximum Gasteiger partial charge on any atom is 0.416 e. The first-order valence-corrected chi connectivity index (χ1v) is 12.4. The van der Waals surface area contributed by atoms with Crippen molar-refractivity contribution in [2.24, 2.45) is 11.8 Å². The predicted molar refractivity (Wildman–Crippen MR) is 127 cm³/mol. The summed E-state index contributed by atoms with van der Waals surface area (Å²) in [6, 6.07) is 10.4. The first kappa shape index (κ1) is 23.8. The molecule has 0 aromatic heterocycles. The fourth-order valence-corrected chi connectivity index (χ4v) is 5.88. The summed E-state index contributed by atoms with van der Waals surface area (Å²) in [5.41, 5.74) is 2.42.